The second kappa shape index (κ2) is 8.25. The highest BCUT2D eigenvalue weighted by atomic mass is 35.5. The normalized spacial score (nSPS) is 17.7. The van der Waals surface area contributed by atoms with Crippen LogP contribution in [0.3, 0.4) is 0 Å². The number of aromatic nitrogens is 2. The molecule has 1 unspecified atom stereocenters. The molecule has 24 heavy (non-hydrogen) atoms. The number of rotatable bonds is 5. The molecule has 8 heteroatoms. The molecule has 1 aliphatic heterocycles. The first-order chi connectivity index (χ1) is 11.6. The Morgan fingerprint density at radius 2 is 2.25 bits per heavy atom. The highest BCUT2D eigenvalue weighted by Crippen LogP contribution is 2.37. The van der Waals surface area contributed by atoms with Crippen molar-refractivity contribution in [3.05, 3.63) is 34.4 Å². The van der Waals surface area contributed by atoms with Gasteiger partial charge in [-0.3, -0.25) is 0 Å². The number of anilines is 2. The molecule has 2 aromatic rings. The van der Waals surface area contributed by atoms with E-state index in [-0.39, 0.29) is 0 Å². The van der Waals surface area contributed by atoms with Crippen molar-refractivity contribution in [3.8, 4) is 0 Å². The molecule has 1 aromatic carbocycles. The van der Waals surface area contributed by atoms with E-state index in [1.165, 1.54) is 24.6 Å². The number of nitrogens with zero attached hydrogens (tertiary/aromatic N) is 2. The summed E-state index contributed by atoms with van der Waals surface area (Å²) in [5.41, 5.74) is 6.04. The highest BCUT2D eigenvalue weighted by Gasteiger charge is 2.14. The number of nitrogen functional groups attached to an aromatic ring is 1. The Morgan fingerprint density at radius 1 is 1.38 bits per heavy atom. The highest BCUT2D eigenvalue weighted by molar-refractivity contribution is 7.99. The molecular formula is C16H19Cl2N5S. The van der Waals surface area contributed by atoms with Crippen molar-refractivity contribution < 1.29 is 0 Å². The minimum Gasteiger partial charge on any atom is -0.381 e. The number of hydrogen-bond acceptors (Lipinski definition) is 6. The smallest absolute Gasteiger partial charge is 0.158 e. The fourth-order valence-electron chi connectivity index (χ4n) is 2.57. The number of piperidine rings is 1. The van der Waals surface area contributed by atoms with Crippen LogP contribution in [0.5, 0.6) is 0 Å². The van der Waals surface area contributed by atoms with Crippen molar-refractivity contribution in [3.63, 3.8) is 0 Å². The Balaban J connectivity index is 1.64. The average Bonchev–Trinajstić information content (AvgIpc) is 2.60. The fraction of sp³-hybridized carbons (Fsp3) is 0.375. The molecule has 2 heterocycles. The average molecular weight is 384 g/mol. The Bertz CT molecular complexity index is 707. The topological polar surface area (TPSA) is 75.9 Å². The Morgan fingerprint density at radius 3 is 3.00 bits per heavy atom. The van der Waals surface area contributed by atoms with Crippen LogP contribution in [-0.4, -0.2) is 29.6 Å². The summed E-state index contributed by atoms with van der Waals surface area (Å²) in [6, 6.07) is 5.46. The third-order valence-electron chi connectivity index (χ3n) is 3.86. The summed E-state index contributed by atoms with van der Waals surface area (Å²) in [7, 11) is 0. The van der Waals surface area contributed by atoms with Crippen molar-refractivity contribution in [1.29, 1.82) is 0 Å². The molecule has 0 aliphatic carbocycles. The minimum atomic E-state index is 0.378. The molecule has 3 rings (SSSR count). The standard InChI is InChI=1S/C16H19Cl2N5S/c17-11-4-1-5-12(14(11)18)24-16-15(19)23-13(9-22-16)21-8-10-3-2-6-20-7-10/h1,4-5,9-10,20H,2-3,6-8H2,(H3,19,21,23). The molecule has 0 spiro atoms. The molecule has 1 saturated heterocycles. The van der Waals surface area contributed by atoms with E-state index in [1.807, 2.05) is 12.1 Å². The van der Waals surface area contributed by atoms with Gasteiger partial charge in [0.1, 0.15) is 10.8 Å². The van der Waals surface area contributed by atoms with Gasteiger partial charge in [-0.05, 0) is 44.0 Å². The zero-order valence-electron chi connectivity index (χ0n) is 13.1. The zero-order chi connectivity index (χ0) is 16.9. The van der Waals surface area contributed by atoms with Gasteiger partial charge < -0.3 is 16.4 Å². The van der Waals surface area contributed by atoms with Crippen LogP contribution in [-0.2, 0) is 0 Å². The molecule has 1 aromatic heterocycles. The van der Waals surface area contributed by atoms with Crippen LogP contribution in [0.2, 0.25) is 10.0 Å². The van der Waals surface area contributed by atoms with Crippen LogP contribution in [0, 0.1) is 5.92 Å². The first-order valence-electron chi connectivity index (χ1n) is 7.82. The van der Waals surface area contributed by atoms with Crippen LogP contribution in [0.25, 0.3) is 0 Å². The van der Waals surface area contributed by atoms with Crippen LogP contribution in [0.4, 0.5) is 11.6 Å². The number of halogens is 2. The Labute approximate surface area is 155 Å². The molecule has 1 aliphatic rings. The quantitative estimate of drug-likeness (QED) is 0.725. The first-order valence-corrected chi connectivity index (χ1v) is 9.39. The van der Waals surface area contributed by atoms with E-state index in [0.717, 1.165) is 24.5 Å². The summed E-state index contributed by atoms with van der Waals surface area (Å²) in [6.45, 7) is 3.02. The van der Waals surface area contributed by atoms with Gasteiger partial charge in [-0.15, -0.1) is 0 Å². The lowest BCUT2D eigenvalue weighted by Gasteiger charge is -2.23. The van der Waals surface area contributed by atoms with Crippen molar-refractivity contribution in [2.24, 2.45) is 5.92 Å². The van der Waals surface area contributed by atoms with Gasteiger partial charge in [-0.25, -0.2) is 9.97 Å². The van der Waals surface area contributed by atoms with Crippen molar-refractivity contribution in [1.82, 2.24) is 15.3 Å². The van der Waals surface area contributed by atoms with E-state index >= 15 is 0 Å². The molecule has 128 valence electrons. The predicted molar refractivity (Wildman–Crippen MR) is 101 cm³/mol. The molecule has 0 amide bonds. The van der Waals surface area contributed by atoms with Gasteiger partial charge in [0.05, 0.1) is 16.2 Å². The Hall–Kier alpha value is -1.21. The second-order valence-corrected chi connectivity index (χ2v) is 7.51. The van der Waals surface area contributed by atoms with Gasteiger partial charge >= 0.3 is 0 Å². The van der Waals surface area contributed by atoms with Crippen LogP contribution < -0.4 is 16.4 Å². The maximum atomic E-state index is 6.20. The molecule has 1 atom stereocenters. The lowest BCUT2D eigenvalue weighted by atomic mass is 10.00. The van der Waals surface area contributed by atoms with E-state index < -0.39 is 0 Å². The number of hydrogen-bond donors (Lipinski definition) is 3. The van der Waals surface area contributed by atoms with E-state index in [2.05, 4.69) is 20.6 Å². The van der Waals surface area contributed by atoms with Crippen molar-refractivity contribution in [2.75, 3.05) is 30.7 Å². The molecule has 5 nitrogen and oxygen atoms in total. The summed E-state index contributed by atoms with van der Waals surface area (Å²) in [5, 5.41) is 8.34. The summed E-state index contributed by atoms with van der Waals surface area (Å²) in [5.74, 6) is 1.68. The molecule has 1 fully saturated rings. The SMILES string of the molecule is Nc1nc(NCC2CCCNC2)cnc1Sc1cccc(Cl)c1Cl. The summed E-state index contributed by atoms with van der Waals surface area (Å²) < 4.78 is 0. The maximum absolute atomic E-state index is 6.20. The second-order valence-electron chi connectivity index (χ2n) is 5.69. The van der Waals surface area contributed by atoms with Crippen molar-refractivity contribution >= 4 is 46.6 Å². The van der Waals surface area contributed by atoms with Crippen LogP contribution in [0.15, 0.2) is 34.3 Å². The van der Waals surface area contributed by atoms with Crippen molar-refractivity contribution in [2.45, 2.75) is 22.8 Å². The third kappa shape index (κ3) is 4.45. The Kier molecular flexibility index (Phi) is 6.05. The lowest BCUT2D eigenvalue weighted by Crippen LogP contribution is -2.33. The monoisotopic (exact) mass is 383 g/mol. The van der Waals surface area contributed by atoms with Gasteiger partial charge in [0.25, 0.3) is 0 Å². The van der Waals surface area contributed by atoms with E-state index in [1.54, 1.807) is 12.3 Å². The number of nitrogens with two attached hydrogens (primary N) is 1. The minimum absolute atomic E-state index is 0.378. The van der Waals surface area contributed by atoms with Gasteiger partial charge in [-0.2, -0.15) is 0 Å². The molecule has 4 N–H and O–H groups in total. The van der Waals surface area contributed by atoms with Gasteiger partial charge in [0.15, 0.2) is 5.82 Å². The predicted octanol–water partition coefficient (Wildman–Crippen LogP) is 3.93. The molecular weight excluding hydrogens is 365 g/mol. The van der Waals surface area contributed by atoms with Gasteiger partial charge in [-0.1, -0.05) is 41.0 Å². The summed E-state index contributed by atoms with van der Waals surface area (Å²) in [6.07, 6.45) is 4.15. The largest absolute Gasteiger partial charge is 0.381 e. The van der Waals surface area contributed by atoms with Gasteiger partial charge in [0, 0.05) is 11.4 Å². The molecule has 0 bridgehead atoms. The van der Waals surface area contributed by atoms with E-state index in [4.69, 9.17) is 28.9 Å². The number of benzene rings is 1. The first kappa shape index (κ1) is 17.6. The van der Waals surface area contributed by atoms with Gasteiger partial charge in [0.2, 0.25) is 0 Å². The number of nitrogens with one attached hydrogen (secondary N) is 2. The zero-order valence-corrected chi connectivity index (χ0v) is 15.4. The molecule has 0 radical (unpaired) electrons. The van der Waals surface area contributed by atoms with Crippen LogP contribution >= 0.6 is 35.0 Å². The summed E-state index contributed by atoms with van der Waals surface area (Å²) in [4.78, 5) is 9.60. The summed E-state index contributed by atoms with van der Waals surface area (Å²) >= 11 is 13.6. The van der Waals surface area contributed by atoms with E-state index in [9.17, 15) is 0 Å². The third-order valence-corrected chi connectivity index (χ3v) is 5.86. The van der Waals surface area contributed by atoms with E-state index in [0.29, 0.717) is 32.6 Å². The van der Waals surface area contributed by atoms with Crippen LogP contribution in [0.1, 0.15) is 12.8 Å². The fourth-order valence-corrected chi connectivity index (χ4v) is 3.85. The molecule has 0 saturated carbocycles. The maximum Gasteiger partial charge on any atom is 0.158 e. The lowest BCUT2D eigenvalue weighted by molar-refractivity contribution is 0.392.